The molecule has 52 heavy (non-hydrogen) atoms. The predicted molar refractivity (Wildman–Crippen MR) is 213 cm³/mol. The number of hydrogen-bond donors (Lipinski definition) is 0. The highest BCUT2D eigenvalue weighted by atomic mass is 16.3. The zero-order valence-electron chi connectivity index (χ0n) is 27.9. The molecule has 3 heterocycles. The molecule has 3 aromatic heterocycles. The second kappa shape index (κ2) is 11.2. The molecular weight excluding hydrogens is 637 g/mol. The summed E-state index contributed by atoms with van der Waals surface area (Å²) < 4.78 is 8.48. The van der Waals surface area contributed by atoms with Crippen molar-refractivity contribution in [2.24, 2.45) is 0 Å². The molecule has 0 unspecified atom stereocenters. The molecule has 242 valence electrons. The van der Waals surface area contributed by atoms with Gasteiger partial charge >= 0.3 is 0 Å². The van der Waals surface area contributed by atoms with E-state index in [4.69, 9.17) is 19.4 Å². The number of fused-ring (bicyclic) bond motifs is 9. The molecule has 0 amide bonds. The maximum atomic E-state index is 6.16. The molecule has 0 aliphatic rings. The second-order valence-electron chi connectivity index (χ2n) is 13.2. The zero-order valence-corrected chi connectivity index (χ0v) is 27.9. The summed E-state index contributed by atoms with van der Waals surface area (Å²) >= 11 is 0. The van der Waals surface area contributed by atoms with Gasteiger partial charge in [-0.3, -0.25) is 0 Å². The van der Waals surface area contributed by atoms with Gasteiger partial charge in [0.1, 0.15) is 11.2 Å². The van der Waals surface area contributed by atoms with Crippen LogP contribution in [0.1, 0.15) is 0 Å². The fraction of sp³-hybridized carbons (Fsp3) is 0. The van der Waals surface area contributed by atoms with Crippen LogP contribution < -0.4 is 0 Å². The van der Waals surface area contributed by atoms with Gasteiger partial charge < -0.3 is 8.98 Å². The number of benzene rings is 8. The van der Waals surface area contributed by atoms with Crippen molar-refractivity contribution >= 4 is 65.3 Å². The Morgan fingerprint density at radius 2 is 0.962 bits per heavy atom. The lowest BCUT2D eigenvalue weighted by Gasteiger charge is -2.13. The van der Waals surface area contributed by atoms with E-state index < -0.39 is 0 Å². The van der Waals surface area contributed by atoms with Crippen molar-refractivity contribution in [2.75, 3.05) is 0 Å². The highest BCUT2D eigenvalue weighted by Crippen LogP contribution is 2.37. The quantitative estimate of drug-likeness (QED) is 0.176. The fourth-order valence-electron chi connectivity index (χ4n) is 7.83. The summed E-state index contributed by atoms with van der Waals surface area (Å²) in [6, 6.07) is 59.2. The van der Waals surface area contributed by atoms with Gasteiger partial charge in [-0.25, -0.2) is 15.0 Å². The van der Waals surface area contributed by atoms with Crippen LogP contribution >= 0.6 is 0 Å². The lowest BCUT2D eigenvalue weighted by atomic mass is 9.97. The third kappa shape index (κ3) is 4.39. The number of para-hydroxylation sites is 3. The largest absolute Gasteiger partial charge is 0.456 e. The van der Waals surface area contributed by atoms with Gasteiger partial charge in [0.05, 0.1) is 11.0 Å². The van der Waals surface area contributed by atoms with E-state index in [9.17, 15) is 0 Å². The van der Waals surface area contributed by atoms with Crippen LogP contribution in [0.15, 0.2) is 174 Å². The zero-order chi connectivity index (χ0) is 34.2. The van der Waals surface area contributed by atoms with Gasteiger partial charge in [0.15, 0.2) is 17.5 Å². The SMILES string of the molecule is c1ccc2c(c1)ccc1cccc(-c3nc(-c4ccc(-n5c6ccccc6c6ccccc65)cc4)nc(-c4ccc5oc6ccccc6c5c4)n3)c12. The molecule has 0 spiro atoms. The average Bonchev–Trinajstić information content (AvgIpc) is 3.76. The summed E-state index contributed by atoms with van der Waals surface area (Å²) in [5.74, 6) is 1.85. The van der Waals surface area contributed by atoms with Gasteiger partial charge in [-0.2, -0.15) is 0 Å². The van der Waals surface area contributed by atoms with Crippen molar-refractivity contribution in [3.05, 3.63) is 170 Å². The normalized spacial score (nSPS) is 11.8. The number of hydrogen-bond acceptors (Lipinski definition) is 4. The number of furan rings is 1. The Balaban J connectivity index is 1.12. The minimum absolute atomic E-state index is 0.607. The fourth-order valence-corrected chi connectivity index (χ4v) is 7.83. The van der Waals surface area contributed by atoms with Crippen molar-refractivity contribution in [1.82, 2.24) is 19.5 Å². The van der Waals surface area contributed by atoms with Gasteiger partial charge in [0.2, 0.25) is 0 Å². The smallest absolute Gasteiger partial charge is 0.164 e. The van der Waals surface area contributed by atoms with E-state index in [1.807, 2.05) is 30.3 Å². The molecule has 5 nitrogen and oxygen atoms in total. The topological polar surface area (TPSA) is 56.7 Å². The molecule has 0 aliphatic carbocycles. The van der Waals surface area contributed by atoms with Gasteiger partial charge in [-0.05, 0) is 76.8 Å². The lowest BCUT2D eigenvalue weighted by molar-refractivity contribution is 0.669. The number of nitrogens with zero attached hydrogens (tertiary/aromatic N) is 4. The van der Waals surface area contributed by atoms with E-state index in [-0.39, 0.29) is 0 Å². The summed E-state index contributed by atoms with van der Waals surface area (Å²) in [4.78, 5) is 15.5. The first-order chi connectivity index (χ1) is 25.8. The van der Waals surface area contributed by atoms with Gasteiger partial charge in [-0.15, -0.1) is 0 Å². The first-order valence-corrected chi connectivity index (χ1v) is 17.4. The Morgan fingerprint density at radius 1 is 0.385 bits per heavy atom. The van der Waals surface area contributed by atoms with Crippen LogP contribution in [0.25, 0.3) is 105 Å². The predicted octanol–water partition coefficient (Wildman–Crippen LogP) is 12.2. The molecule has 0 N–H and O–H groups in total. The Bertz CT molecular complexity index is 3140. The molecule has 11 rings (SSSR count). The summed E-state index contributed by atoms with van der Waals surface area (Å²) in [7, 11) is 0. The molecule has 0 bridgehead atoms. The number of rotatable bonds is 4. The maximum Gasteiger partial charge on any atom is 0.164 e. The van der Waals surface area contributed by atoms with Gasteiger partial charge in [-0.1, -0.05) is 109 Å². The van der Waals surface area contributed by atoms with E-state index in [2.05, 4.69) is 144 Å². The van der Waals surface area contributed by atoms with E-state index in [0.717, 1.165) is 55.1 Å². The van der Waals surface area contributed by atoms with Crippen LogP contribution in [0.5, 0.6) is 0 Å². The van der Waals surface area contributed by atoms with Gasteiger partial charge in [0.25, 0.3) is 0 Å². The summed E-state index contributed by atoms with van der Waals surface area (Å²) in [6.07, 6.45) is 0. The highest BCUT2D eigenvalue weighted by molar-refractivity contribution is 6.14. The molecule has 0 aliphatic heterocycles. The molecule has 0 radical (unpaired) electrons. The molecule has 5 heteroatoms. The molecule has 11 aromatic rings. The van der Waals surface area contributed by atoms with E-state index >= 15 is 0 Å². The maximum absolute atomic E-state index is 6.16. The second-order valence-corrected chi connectivity index (χ2v) is 13.2. The van der Waals surface area contributed by atoms with Crippen molar-refractivity contribution in [2.45, 2.75) is 0 Å². The van der Waals surface area contributed by atoms with Crippen LogP contribution in [0.3, 0.4) is 0 Å². The molecule has 0 saturated carbocycles. The first kappa shape index (κ1) is 28.7. The van der Waals surface area contributed by atoms with Crippen LogP contribution in [-0.2, 0) is 0 Å². The Labute approximate surface area is 298 Å². The summed E-state index contributed by atoms with van der Waals surface area (Å²) in [6.45, 7) is 0. The molecule has 0 fully saturated rings. The van der Waals surface area contributed by atoms with Crippen LogP contribution in [0.2, 0.25) is 0 Å². The van der Waals surface area contributed by atoms with Crippen molar-refractivity contribution in [1.29, 1.82) is 0 Å². The molecular formula is C47H28N4O. The number of aromatic nitrogens is 4. The minimum atomic E-state index is 0.607. The van der Waals surface area contributed by atoms with Crippen LogP contribution in [0, 0.1) is 0 Å². The highest BCUT2D eigenvalue weighted by Gasteiger charge is 2.18. The molecule has 0 saturated heterocycles. The van der Waals surface area contributed by atoms with Crippen molar-refractivity contribution in [3.63, 3.8) is 0 Å². The first-order valence-electron chi connectivity index (χ1n) is 17.4. The summed E-state index contributed by atoms with van der Waals surface area (Å²) in [5, 5.41) is 9.18. The standard InChI is InChI=1S/C47H28N4O/c1-2-12-34-29(10-1)20-21-30-11-9-16-38(44(30)34)47-49-45(48-46(50-47)32-24-27-43-39(28-32)37-15-5-8-19-42(37)52-43)31-22-25-33(26-23-31)51-40-17-6-3-13-35(40)36-14-4-7-18-41(36)51/h1-28H. The van der Waals surface area contributed by atoms with Crippen molar-refractivity contribution < 1.29 is 4.42 Å². The third-order valence-electron chi connectivity index (χ3n) is 10.2. The van der Waals surface area contributed by atoms with E-state index in [1.165, 1.54) is 32.6 Å². The van der Waals surface area contributed by atoms with Gasteiger partial charge in [0, 0.05) is 49.3 Å². The third-order valence-corrected chi connectivity index (χ3v) is 10.2. The molecule has 0 atom stereocenters. The van der Waals surface area contributed by atoms with Crippen molar-refractivity contribution in [3.8, 4) is 39.9 Å². The van der Waals surface area contributed by atoms with E-state index in [1.54, 1.807) is 0 Å². The van der Waals surface area contributed by atoms with E-state index in [0.29, 0.717) is 17.5 Å². The average molecular weight is 665 g/mol. The monoisotopic (exact) mass is 664 g/mol. The Hall–Kier alpha value is -7.11. The van der Waals surface area contributed by atoms with Crippen LogP contribution in [0.4, 0.5) is 0 Å². The lowest BCUT2D eigenvalue weighted by Crippen LogP contribution is -2.01. The minimum Gasteiger partial charge on any atom is -0.456 e. The Morgan fingerprint density at radius 3 is 1.75 bits per heavy atom. The van der Waals surface area contributed by atoms with Crippen LogP contribution in [-0.4, -0.2) is 19.5 Å². The molecule has 8 aromatic carbocycles. The Kier molecular flexibility index (Phi) is 6.18. The summed E-state index contributed by atoms with van der Waals surface area (Å²) in [5.41, 5.74) is 7.89.